The van der Waals surface area contributed by atoms with E-state index < -0.39 is 0 Å². The molecule has 4 heteroatoms. The van der Waals surface area contributed by atoms with Gasteiger partial charge >= 0.3 is 0 Å². The third kappa shape index (κ3) is 3.82. The van der Waals surface area contributed by atoms with Gasteiger partial charge in [0.1, 0.15) is 11.5 Å². The van der Waals surface area contributed by atoms with Gasteiger partial charge in [0, 0.05) is 31.0 Å². The summed E-state index contributed by atoms with van der Waals surface area (Å²) >= 11 is 0. The van der Waals surface area contributed by atoms with Crippen LogP contribution in [0, 0.1) is 5.92 Å². The number of carbonyl (C=O) groups excluding carboxylic acids is 2. The summed E-state index contributed by atoms with van der Waals surface area (Å²) in [6.45, 7) is 1.15. The van der Waals surface area contributed by atoms with Gasteiger partial charge in [-0.15, -0.1) is 0 Å². The monoisotopic (exact) mass is 323 g/mol. The number of amides is 1. The molecule has 1 N–H and O–H groups in total. The molecular formula is C20H21NO3. The first-order valence-corrected chi connectivity index (χ1v) is 8.28. The fraction of sp³-hybridized carbons (Fsp3) is 0.300. The van der Waals surface area contributed by atoms with Crippen LogP contribution >= 0.6 is 0 Å². The number of phenolic OH excluding ortho intramolecular Hbond substituents is 1. The lowest BCUT2D eigenvalue weighted by Crippen LogP contribution is -2.42. The molecule has 1 saturated heterocycles. The Balaban J connectivity index is 1.64. The Kier molecular flexibility index (Phi) is 4.94. The van der Waals surface area contributed by atoms with Crippen molar-refractivity contribution in [1.29, 1.82) is 0 Å². The third-order valence-corrected chi connectivity index (χ3v) is 4.50. The smallest absolute Gasteiger partial charge is 0.253 e. The van der Waals surface area contributed by atoms with Crippen LogP contribution in [0.4, 0.5) is 0 Å². The van der Waals surface area contributed by atoms with Crippen LogP contribution in [0.2, 0.25) is 0 Å². The average Bonchev–Trinajstić information content (AvgIpc) is 2.63. The van der Waals surface area contributed by atoms with Crippen molar-refractivity contribution in [3.63, 3.8) is 0 Å². The summed E-state index contributed by atoms with van der Waals surface area (Å²) < 4.78 is 0. The van der Waals surface area contributed by atoms with Crippen molar-refractivity contribution in [3.05, 3.63) is 65.7 Å². The molecule has 124 valence electrons. The maximum atomic E-state index is 12.6. The van der Waals surface area contributed by atoms with Crippen molar-refractivity contribution in [2.45, 2.75) is 19.3 Å². The van der Waals surface area contributed by atoms with Crippen LogP contribution in [-0.4, -0.2) is 34.8 Å². The zero-order valence-electron chi connectivity index (χ0n) is 13.5. The fourth-order valence-corrected chi connectivity index (χ4v) is 3.15. The van der Waals surface area contributed by atoms with Crippen LogP contribution in [0.5, 0.6) is 5.75 Å². The Morgan fingerprint density at radius 2 is 1.75 bits per heavy atom. The highest BCUT2D eigenvalue weighted by Crippen LogP contribution is 2.21. The quantitative estimate of drug-likeness (QED) is 0.941. The second-order valence-electron chi connectivity index (χ2n) is 6.27. The van der Waals surface area contributed by atoms with Crippen LogP contribution in [0.15, 0.2) is 54.6 Å². The third-order valence-electron chi connectivity index (χ3n) is 4.50. The first-order chi connectivity index (χ1) is 11.6. The molecule has 2 aromatic carbocycles. The lowest BCUT2D eigenvalue weighted by Gasteiger charge is -2.32. The van der Waals surface area contributed by atoms with Crippen molar-refractivity contribution < 1.29 is 14.7 Å². The molecule has 0 radical (unpaired) electrons. The summed E-state index contributed by atoms with van der Waals surface area (Å²) in [6, 6.07) is 16.0. The summed E-state index contributed by atoms with van der Waals surface area (Å²) in [6.07, 6.45) is 2.10. The van der Waals surface area contributed by atoms with Gasteiger partial charge in [0.2, 0.25) is 0 Å². The highest BCUT2D eigenvalue weighted by molar-refractivity contribution is 5.95. The average molecular weight is 323 g/mol. The first-order valence-electron chi connectivity index (χ1n) is 8.28. The van der Waals surface area contributed by atoms with E-state index in [4.69, 9.17) is 0 Å². The number of hydrogen-bond acceptors (Lipinski definition) is 3. The number of rotatable bonds is 4. The molecule has 0 saturated carbocycles. The molecule has 1 unspecified atom stereocenters. The lowest BCUT2D eigenvalue weighted by molar-refractivity contribution is -0.123. The van der Waals surface area contributed by atoms with Crippen LogP contribution in [0.25, 0.3) is 0 Å². The first kappa shape index (κ1) is 16.2. The van der Waals surface area contributed by atoms with Crippen LogP contribution < -0.4 is 0 Å². The van der Waals surface area contributed by atoms with Crippen molar-refractivity contribution in [3.8, 4) is 5.75 Å². The molecule has 1 aliphatic heterocycles. The van der Waals surface area contributed by atoms with Crippen molar-refractivity contribution >= 4 is 11.7 Å². The molecular weight excluding hydrogens is 302 g/mol. The highest BCUT2D eigenvalue weighted by atomic mass is 16.3. The van der Waals surface area contributed by atoms with Gasteiger partial charge < -0.3 is 10.0 Å². The number of nitrogens with zero attached hydrogens (tertiary/aromatic N) is 1. The highest BCUT2D eigenvalue weighted by Gasteiger charge is 2.28. The molecule has 1 fully saturated rings. The van der Waals surface area contributed by atoms with E-state index in [1.165, 1.54) is 12.1 Å². The fourth-order valence-electron chi connectivity index (χ4n) is 3.15. The van der Waals surface area contributed by atoms with Gasteiger partial charge in [-0.3, -0.25) is 9.59 Å². The number of phenols is 1. The van der Waals surface area contributed by atoms with Gasteiger partial charge in [-0.25, -0.2) is 0 Å². The lowest BCUT2D eigenvalue weighted by atomic mass is 9.90. The molecule has 3 rings (SSSR count). The molecule has 0 bridgehead atoms. The van der Waals surface area contributed by atoms with E-state index >= 15 is 0 Å². The van der Waals surface area contributed by atoms with Gasteiger partial charge in [0.15, 0.2) is 0 Å². The number of aromatic hydroxyl groups is 1. The molecule has 1 amide bonds. The van der Waals surface area contributed by atoms with Crippen molar-refractivity contribution in [1.82, 2.24) is 4.90 Å². The minimum absolute atomic E-state index is 0.0767. The molecule has 4 nitrogen and oxygen atoms in total. The minimum atomic E-state index is -0.0972. The SMILES string of the molecule is O=C(Cc1ccccc1)C1CCCN(C(=O)c2ccc(O)cc2)C1. The molecule has 0 spiro atoms. The summed E-state index contributed by atoms with van der Waals surface area (Å²) in [5.41, 5.74) is 1.56. The van der Waals surface area contributed by atoms with Crippen LogP contribution in [-0.2, 0) is 11.2 Å². The normalized spacial score (nSPS) is 17.5. The zero-order chi connectivity index (χ0) is 16.9. The van der Waals surface area contributed by atoms with Crippen molar-refractivity contribution in [2.24, 2.45) is 5.92 Å². The number of Topliss-reactive ketones (excluding diaryl/α,β-unsaturated/α-hetero) is 1. The van der Waals surface area contributed by atoms with Gasteiger partial charge in [0.05, 0.1) is 0 Å². The Labute approximate surface area is 141 Å². The zero-order valence-corrected chi connectivity index (χ0v) is 13.5. The maximum absolute atomic E-state index is 12.6. The second-order valence-corrected chi connectivity index (χ2v) is 6.27. The maximum Gasteiger partial charge on any atom is 0.253 e. The Morgan fingerprint density at radius 1 is 1.04 bits per heavy atom. The molecule has 1 atom stereocenters. The van der Waals surface area contributed by atoms with Gasteiger partial charge in [-0.1, -0.05) is 30.3 Å². The Hall–Kier alpha value is -2.62. The molecule has 24 heavy (non-hydrogen) atoms. The molecule has 1 heterocycles. The Bertz CT molecular complexity index is 709. The predicted octanol–water partition coefficient (Wildman–Crippen LogP) is 3.06. The van der Waals surface area contributed by atoms with Crippen LogP contribution in [0.1, 0.15) is 28.8 Å². The minimum Gasteiger partial charge on any atom is -0.508 e. The van der Waals surface area contributed by atoms with Crippen molar-refractivity contribution in [2.75, 3.05) is 13.1 Å². The number of ketones is 1. The predicted molar refractivity (Wildman–Crippen MR) is 91.9 cm³/mol. The van der Waals surface area contributed by atoms with E-state index in [1.807, 2.05) is 30.3 Å². The largest absolute Gasteiger partial charge is 0.508 e. The van der Waals surface area contributed by atoms with Crippen LogP contribution in [0.3, 0.4) is 0 Å². The number of piperidine rings is 1. The van der Waals surface area contributed by atoms with E-state index in [0.717, 1.165) is 18.4 Å². The van der Waals surface area contributed by atoms with E-state index in [0.29, 0.717) is 25.1 Å². The van der Waals surface area contributed by atoms with E-state index in [9.17, 15) is 14.7 Å². The topological polar surface area (TPSA) is 57.6 Å². The van der Waals surface area contributed by atoms with Gasteiger partial charge in [-0.2, -0.15) is 0 Å². The van der Waals surface area contributed by atoms with E-state index in [2.05, 4.69) is 0 Å². The number of benzene rings is 2. The summed E-state index contributed by atoms with van der Waals surface area (Å²) in [5, 5.41) is 9.33. The standard InChI is InChI=1S/C20H21NO3/c22-18-10-8-16(9-11-18)20(24)21-12-4-7-17(14-21)19(23)13-15-5-2-1-3-6-15/h1-3,5-6,8-11,17,22H,4,7,12-14H2. The Morgan fingerprint density at radius 3 is 2.46 bits per heavy atom. The number of carbonyl (C=O) groups is 2. The number of likely N-dealkylation sites (tertiary alicyclic amines) is 1. The van der Waals surface area contributed by atoms with Gasteiger partial charge in [0.25, 0.3) is 5.91 Å². The molecule has 0 aromatic heterocycles. The summed E-state index contributed by atoms with van der Waals surface area (Å²) in [5.74, 6) is 0.165. The molecule has 0 aliphatic carbocycles. The van der Waals surface area contributed by atoms with E-state index in [1.54, 1.807) is 17.0 Å². The van der Waals surface area contributed by atoms with E-state index in [-0.39, 0.29) is 23.4 Å². The second kappa shape index (κ2) is 7.30. The molecule has 2 aromatic rings. The number of hydrogen-bond donors (Lipinski definition) is 1. The molecule has 1 aliphatic rings. The summed E-state index contributed by atoms with van der Waals surface area (Å²) in [4.78, 5) is 26.9. The van der Waals surface area contributed by atoms with Gasteiger partial charge in [-0.05, 0) is 42.7 Å². The summed E-state index contributed by atoms with van der Waals surface area (Å²) in [7, 11) is 0.